The van der Waals surface area contributed by atoms with Gasteiger partial charge in [-0.15, -0.1) is 0 Å². The summed E-state index contributed by atoms with van der Waals surface area (Å²) in [6.07, 6.45) is 2.67. The van der Waals surface area contributed by atoms with Gasteiger partial charge in [0.15, 0.2) is 0 Å². The van der Waals surface area contributed by atoms with E-state index in [2.05, 4.69) is 13.8 Å². The molecule has 19 heavy (non-hydrogen) atoms. The molecule has 0 spiro atoms. The van der Waals surface area contributed by atoms with E-state index in [1.165, 1.54) is 0 Å². The summed E-state index contributed by atoms with van der Waals surface area (Å²) in [7, 11) is 1.65. The van der Waals surface area contributed by atoms with E-state index in [0.717, 1.165) is 24.2 Å². The Bertz CT molecular complexity index is 412. The van der Waals surface area contributed by atoms with Gasteiger partial charge in [0.1, 0.15) is 5.75 Å². The molecule has 0 amide bonds. The highest BCUT2D eigenvalue weighted by molar-refractivity contribution is 5.48. The van der Waals surface area contributed by atoms with Crippen LogP contribution in [0, 0.1) is 0 Å². The molecule has 1 saturated heterocycles. The van der Waals surface area contributed by atoms with Crippen LogP contribution in [0.3, 0.4) is 0 Å². The van der Waals surface area contributed by atoms with E-state index in [1.54, 1.807) is 7.11 Å². The molecular weight excluding hydrogens is 242 g/mol. The molecule has 1 aromatic carbocycles. The predicted octanol–water partition coefficient (Wildman–Crippen LogP) is 2.75. The Morgan fingerprint density at radius 2 is 1.95 bits per heavy atom. The minimum Gasteiger partial charge on any atom is -0.496 e. The van der Waals surface area contributed by atoms with Crippen LogP contribution in [0.2, 0.25) is 0 Å². The maximum Gasteiger partial charge on any atom is 0.126 e. The van der Waals surface area contributed by atoms with Crippen molar-refractivity contribution in [3.05, 3.63) is 23.8 Å². The summed E-state index contributed by atoms with van der Waals surface area (Å²) < 4.78 is 17.0. The van der Waals surface area contributed by atoms with Gasteiger partial charge < -0.3 is 19.9 Å². The zero-order valence-corrected chi connectivity index (χ0v) is 11.9. The van der Waals surface area contributed by atoms with Crippen molar-refractivity contribution in [1.29, 1.82) is 0 Å². The zero-order valence-electron chi connectivity index (χ0n) is 11.9. The van der Waals surface area contributed by atoms with Gasteiger partial charge in [0.05, 0.1) is 32.0 Å². The first-order chi connectivity index (χ1) is 9.08. The minimum atomic E-state index is 0.251. The highest BCUT2D eigenvalue weighted by Crippen LogP contribution is 2.26. The lowest BCUT2D eigenvalue weighted by atomic mass is 10.0. The molecule has 2 unspecified atom stereocenters. The lowest BCUT2D eigenvalue weighted by Crippen LogP contribution is -2.34. The van der Waals surface area contributed by atoms with Gasteiger partial charge in [-0.2, -0.15) is 0 Å². The SMILES string of the molecule is COc1cc(N)ccc1COC1CC(C)OC(C)C1. The number of benzene rings is 1. The Morgan fingerprint density at radius 3 is 2.58 bits per heavy atom. The first-order valence-electron chi connectivity index (χ1n) is 6.78. The van der Waals surface area contributed by atoms with E-state index in [1.807, 2.05) is 18.2 Å². The summed E-state index contributed by atoms with van der Waals surface area (Å²) in [5, 5.41) is 0. The van der Waals surface area contributed by atoms with Crippen molar-refractivity contribution >= 4 is 5.69 Å². The van der Waals surface area contributed by atoms with E-state index < -0.39 is 0 Å². The van der Waals surface area contributed by atoms with Gasteiger partial charge in [0, 0.05) is 17.3 Å². The largest absolute Gasteiger partial charge is 0.496 e. The van der Waals surface area contributed by atoms with E-state index in [0.29, 0.717) is 12.3 Å². The molecule has 106 valence electrons. The summed E-state index contributed by atoms with van der Waals surface area (Å²) in [6.45, 7) is 4.74. The molecule has 0 saturated carbocycles. The van der Waals surface area contributed by atoms with Gasteiger partial charge in [-0.1, -0.05) is 6.07 Å². The maximum atomic E-state index is 5.99. The van der Waals surface area contributed by atoms with Crippen LogP contribution in [0.1, 0.15) is 32.3 Å². The third kappa shape index (κ3) is 3.85. The minimum absolute atomic E-state index is 0.251. The average Bonchev–Trinajstić information content (AvgIpc) is 2.36. The van der Waals surface area contributed by atoms with Crippen molar-refractivity contribution in [2.75, 3.05) is 12.8 Å². The molecule has 2 atom stereocenters. The molecule has 4 heteroatoms. The molecule has 1 aromatic rings. The van der Waals surface area contributed by atoms with Crippen molar-refractivity contribution in [2.24, 2.45) is 0 Å². The second kappa shape index (κ2) is 6.26. The third-order valence-corrected chi connectivity index (χ3v) is 3.44. The molecule has 0 radical (unpaired) electrons. The fourth-order valence-electron chi connectivity index (χ4n) is 2.57. The number of nitrogens with two attached hydrogens (primary N) is 1. The monoisotopic (exact) mass is 265 g/mol. The van der Waals surface area contributed by atoms with E-state index in [4.69, 9.17) is 19.9 Å². The first kappa shape index (κ1) is 14.2. The lowest BCUT2D eigenvalue weighted by Gasteiger charge is -2.32. The Hall–Kier alpha value is -1.26. The van der Waals surface area contributed by atoms with Crippen molar-refractivity contribution in [3.8, 4) is 5.75 Å². The highest BCUT2D eigenvalue weighted by atomic mass is 16.5. The second-order valence-electron chi connectivity index (χ2n) is 5.23. The van der Waals surface area contributed by atoms with Crippen LogP contribution < -0.4 is 10.5 Å². The van der Waals surface area contributed by atoms with Crippen LogP contribution in [0.5, 0.6) is 5.75 Å². The molecular formula is C15H23NO3. The number of methoxy groups -OCH3 is 1. The summed E-state index contributed by atoms with van der Waals surface area (Å²) in [4.78, 5) is 0. The number of ether oxygens (including phenoxy) is 3. The molecule has 2 rings (SSSR count). The predicted molar refractivity (Wildman–Crippen MR) is 75.2 cm³/mol. The summed E-state index contributed by atoms with van der Waals surface area (Å²) in [6, 6.07) is 5.66. The summed E-state index contributed by atoms with van der Waals surface area (Å²) >= 11 is 0. The number of hydrogen-bond donors (Lipinski definition) is 1. The van der Waals surface area contributed by atoms with Crippen LogP contribution in [-0.2, 0) is 16.1 Å². The standard InChI is InChI=1S/C15H23NO3/c1-10-6-14(7-11(2)19-10)18-9-12-4-5-13(16)8-15(12)17-3/h4-5,8,10-11,14H,6-7,9,16H2,1-3H3. The normalized spacial score (nSPS) is 27.2. The fraction of sp³-hybridized carbons (Fsp3) is 0.600. The lowest BCUT2D eigenvalue weighted by molar-refractivity contribution is -0.106. The number of anilines is 1. The quantitative estimate of drug-likeness (QED) is 0.850. The Balaban J connectivity index is 1.95. The van der Waals surface area contributed by atoms with E-state index in [-0.39, 0.29) is 18.3 Å². The van der Waals surface area contributed by atoms with Crippen LogP contribution in [-0.4, -0.2) is 25.4 Å². The molecule has 1 aliphatic heterocycles. The van der Waals surface area contributed by atoms with E-state index >= 15 is 0 Å². The van der Waals surface area contributed by atoms with Crippen molar-refractivity contribution in [1.82, 2.24) is 0 Å². The van der Waals surface area contributed by atoms with Gasteiger partial charge >= 0.3 is 0 Å². The third-order valence-electron chi connectivity index (χ3n) is 3.44. The van der Waals surface area contributed by atoms with Crippen LogP contribution in [0.25, 0.3) is 0 Å². The molecule has 2 N–H and O–H groups in total. The summed E-state index contributed by atoms with van der Waals surface area (Å²) in [5.41, 5.74) is 7.47. The molecule has 0 aliphatic carbocycles. The van der Waals surface area contributed by atoms with Crippen LogP contribution >= 0.6 is 0 Å². The van der Waals surface area contributed by atoms with Gasteiger partial charge in [0.25, 0.3) is 0 Å². The zero-order chi connectivity index (χ0) is 13.8. The number of nitrogen functional groups attached to an aromatic ring is 1. The van der Waals surface area contributed by atoms with Crippen LogP contribution in [0.4, 0.5) is 5.69 Å². The maximum absolute atomic E-state index is 5.99. The molecule has 0 bridgehead atoms. The average molecular weight is 265 g/mol. The van der Waals surface area contributed by atoms with E-state index in [9.17, 15) is 0 Å². The van der Waals surface area contributed by atoms with Crippen molar-refractivity contribution in [3.63, 3.8) is 0 Å². The number of rotatable bonds is 4. The van der Waals surface area contributed by atoms with Crippen molar-refractivity contribution in [2.45, 2.75) is 51.6 Å². The van der Waals surface area contributed by atoms with Gasteiger partial charge in [-0.05, 0) is 32.8 Å². The van der Waals surface area contributed by atoms with Gasteiger partial charge in [-0.25, -0.2) is 0 Å². The molecule has 4 nitrogen and oxygen atoms in total. The number of hydrogen-bond acceptors (Lipinski definition) is 4. The molecule has 1 fully saturated rings. The highest BCUT2D eigenvalue weighted by Gasteiger charge is 2.25. The first-order valence-corrected chi connectivity index (χ1v) is 6.78. The Morgan fingerprint density at radius 1 is 1.26 bits per heavy atom. The van der Waals surface area contributed by atoms with Crippen molar-refractivity contribution < 1.29 is 14.2 Å². The topological polar surface area (TPSA) is 53.7 Å². The summed E-state index contributed by atoms with van der Waals surface area (Å²) in [5.74, 6) is 0.785. The second-order valence-corrected chi connectivity index (χ2v) is 5.23. The van der Waals surface area contributed by atoms with Crippen LogP contribution in [0.15, 0.2) is 18.2 Å². The molecule has 0 aromatic heterocycles. The van der Waals surface area contributed by atoms with Gasteiger partial charge in [-0.3, -0.25) is 0 Å². The Labute approximate surface area is 114 Å². The Kier molecular flexibility index (Phi) is 4.66. The van der Waals surface area contributed by atoms with Gasteiger partial charge in [0.2, 0.25) is 0 Å². The smallest absolute Gasteiger partial charge is 0.126 e. The fourth-order valence-corrected chi connectivity index (χ4v) is 2.57. The molecule has 1 heterocycles. The molecule has 1 aliphatic rings.